The number of aromatic nitrogens is 1. The normalized spacial score (nSPS) is 12.2. The molecule has 0 unspecified atom stereocenters. The predicted molar refractivity (Wildman–Crippen MR) is 52.8 cm³/mol. The van der Waals surface area contributed by atoms with E-state index >= 15 is 0 Å². The fourth-order valence-electron chi connectivity index (χ4n) is 1.09. The van der Waals surface area contributed by atoms with Crippen LogP contribution in [0.25, 0.3) is 0 Å². The zero-order valence-electron chi connectivity index (χ0n) is 7.52. The average molecular weight is 353 g/mol. The smallest absolute Gasteiger partial charge is 0.392 e. The van der Waals surface area contributed by atoms with Crippen LogP contribution in [0, 0.1) is 3.57 Å². The van der Waals surface area contributed by atoms with Gasteiger partial charge in [-0.25, -0.2) is 8.78 Å². The average Bonchev–Trinajstić information content (AvgIpc) is 2.15. The first-order chi connectivity index (χ1) is 7.29. The summed E-state index contributed by atoms with van der Waals surface area (Å²) in [6.07, 6.45) is -7.21. The lowest BCUT2D eigenvalue weighted by Gasteiger charge is -2.14. The SMILES string of the molecule is OCc1c(C(F)(F)F)ncc(C(F)F)c1I. The Morgan fingerprint density at radius 2 is 1.94 bits per heavy atom. The Kier molecular flexibility index (Phi) is 4.05. The lowest BCUT2D eigenvalue weighted by molar-refractivity contribution is -0.142. The van der Waals surface area contributed by atoms with Crippen LogP contribution >= 0.6 is 22.6 Å². The van der Waals surface area contributed by atoms with E-state index in [1.54, 1.807) is 0 Å². The zero-order chi connectivity index (χ0) is 12.5. The zero-order valence-corrected chi connectivity index (χ0v) is 9.68. The summed E-state index contributed by atoms with van der Waals surface area (Å²) in [5, 5.41) is 8.78. The first-order valence-electron chi connectivity index (χ1n) is 3.92. The van der Waals surface area contributed by atoms with Gasteiger partial charge in [-0.05, 0) is 22.6 Å². The Labute approximate surface area is 101 Å². The van der Waals surface area contributed by atoms with Crippen molar-refractivity contribution in [3.63, 3.8) is 0 Å². The highest BCUT2D eigenvalue weighted by atomic mass is 127. The Balaban J connectivity index is 3.41. The van der Waals surface area contributed by atoms with Crippen LogP contribution in [-0.2, 0) is 12.8 Å². The summed E-state index contributed by atoms with van der Waals surface area (Å²) in [4.78, 5) is 2.93. The molecule has 2 nitrogen and oxygen atoms in total. The number of rotatable bonds is 2. The molecule has 0 radical (unpaired) electrons. The quantitative estimate of drug-likeness (QED) is 0.655. The molecule has 0 saturated heterocycles. The van der Waals surface area contributed by atoms with Crippen molar-refractivity contribution in [3.05, 3.63) is 26.6 Å². The van der Waals surface area contributed by atoms with Gasteiger partial charge in [0.15, 0.2) is 5.69 Å². The number of nitrogens with zero attached hydrogens (tertiary/aromatic N) is 1. The van der Waals surface area contributed by atoms with Crippen LogP contribution in [-0.4, -0.2) is 10.1 Å². The first-order valence-corrected chi connectivity index (χ1v) is 5.00. The first kappa shape index (κ1) is 13.6. The van der Waals surface area contributed by atoms with Crippen molar-refractivity contribution in [2.75, 3.05) is 0 Å². The third kappa shape index (κ3) is 2.59. The highest BCUT2D eigenvalue weighted by molar-refractivity contribution is 14.1. The number of aliphatic hydroxyl groups is 1. The molecule has 0 atom stereocenters. The summed E-state index contributed by atoms with van der Waals surface area (Å²) in [5.41, 5.74) is -2.56. The molecule has 16 heavy (non-hydrogen) atoms. The fourth-order valence-corrected chi connectivity index (χ4v) is 1.89. The lowest BCUT2D eigenvalue weighted by atomic mass is 10.1. The van der Waals surface area contributed by atoms with Gasteiger partial charge in [-0.15, -0.1) is 0 Å². The molecule has 90 valence electrons. The molecule has 0 amide bonds. The third-order valence-corrected chi connectivity index (χ3v) is 3.07. The third-order valence-electron chi connectivity index (χ3n) is 1.80. The Hall–Kier alpha value is -0.510. The van der Waals surface area contributed by atoms with Gasteiger partial charge in [-0.3, -0.25) is 4.98 Å². The molecule has 0 bridgehead atoms. The molecule has 0 saturated carbocycles. The van der Waals surface area contributed by atoms with Gasteiger partial charge >= 0.3 is 6.18 Å². The van der Waals surface area contributed by atoms with Gasteiger partial charge in [-0.2, -0.15) is 13.2 Å². The molecule has 1 rings (SSSR count). The summed E-state index contributed by atoms with van der Waals surface area (Å²) in [6, 6.07) is 0. The van der Waals surface area contributed by atoms with E-state index in [-0.39, 0.29) is 3.57 Å². The summed E-state index contributed by atoms with van der Waals surface area (Å²) in [6.45, 7) is -0.985. The largest absolute Gasteiger partial charge is 0.433 e. The molecule has 0 aliphatic carbocycles. The van der Waals surface area contributed by atoms with Crippen LogP contribution in [0.5, 0.6) is 0 Å². The summed E-state index contributed by atoms with van der Waals surface area (Å²) >= 11 is 1.34. The summed E-state index contributed by atoms with van der Waals surface area (Å²) < 4.78 is 61.6. The molecule has 1 heterocycles. The molecular weight excluding hydrogens is 348 g/mol. The molecule has 1 aromatic heterocycles. The van der Waals surface area contributed by atoms with Crippen molar-refractivity contribution in [3.8, 4) is 0 Å². The minimum Gasteiger partial charge on any atom is -0.392 e. The number of hydrogen-bond acceptors (Lipinski definition) is 2. The van der Waals surface area contributed by atoms with Gasteiger partial charge in [0, 0.05) is 20.9 Å². The van der Waals surface area contributed by atoms with E-state index in [1.165, 1.54) is 22.6 Å². The van der Waals surface area contributed by atoms with Gasteiger partial charge in [0.05, 0.1) is 6.61 Å². The minimum absolute atomic E-state index is 0.308. The van der Waals surface area contributed by atoms with Gasteiger partial charge in [0.1, 0.15) is 0 Å². The van der Waals surface area contributed by atoms with Crippen molar-refractivity contribution in [2.24, 2.45) is 0 Å². The topological polar surface area (TPSA) is 33.1 Å². The van der Waals surface area contributed by atoms with E-state index in [1.807, 2.05) is 0 Å². The number of aliphatic hydroxyl groups excluding tert-OH is 1. The number of hydrogen-bond donors (Lipinski definition) is 1. The van der Waals surface area contributed by atoms with Crippen molar-refractivity contribution in [1.82, 2.24) is 4.98 Å². The molecular formula is C8H5F5INO. The molecule has 0 aliphatic heterocycles. The van der Waals surface area contributed by atoms with Gasteiger partial charge in [0.2, 0.25) is 0 Å². The predicted octanol–water partition coefficient (Wildman–Crippen LogP) is 3.13. The Morgan fingerprint density at radius 1 is 1.38 bits per heavy atom. The van der Waals surface area contributed by atoms with Gasteiger partial charge < -0.3 is 5.11 Å². The van der Waals surface area contributed by atoms with E-state index in [0.717, 1.165) is 0 Å². The molecule has 0 aromatic carbocycles. The van der Waals surface area contributed by atoms with Crippen molar-refractivity contribution in [2.45, 2.75) is 19.2 Å². The van der Waals surface area contributed by atoms with E-state index in [4.69, 9.17) is 5.11 Å². The van der Waals surface area contributed by atoms with Crippen LogP contribution in [0.2, 0.25) is 0 Å². The van der Waals surface area contributed by atoms with Crippen molar-refractivity contribution in [1.29, 1.82) is 0 Å². The number of alkyl halides is 5. The molecule has 1 N–H and O–H groups in total. The number of pyridine rings is 1. The molecule has 1 aromatic rings. The van der Waals surface area contributed by atoms with E-state index < -0.39 is 36.0 Å². The lowest BCUT2D eigenvalue weighted by Crippen LogP contribution is -2.15. The maximum atomic E-state index is 12.4. The van der Waals surface area contributed by atoms with Gasteiger partial charge in [0.25, 0.3) is 6.43 Å². The summed E-state index contributed by atoms with van der Waals surface area (Å²) in [5.74, 6) is 0. The molecule has 8 heteroatoms. The maximum Gasteiger partial charge on any atom is 0.433 e. The van der Waals surface area contributed by atoms with Gasteiger partial charge in [-0.1, -0.05) is 0 Å². The highest BCUT2D eigenvalue weighted by Gasteiger charge is 2.37. The van der Waals surface area contributed by atoms with Crippen LogP contribution in [0.4, 0.5) is 22.0 Å². The Morgan fingerprint density at radius 3 is 2.31 bits per heavy atom. The summed E-state index contributed by atoms with van der Waals surface area (Å²) in [7, 11) is 0. The van der Waals surface area contributed by atoms with Crippen LogP contribution in [0.1, 0.15) is 23.2 Å². The van der Waals surface area contributed by atoms with Crippen LogP contribution in [0.15, 0.2) is 6.20 Å². The van der Waals surface area contributed by atoms with E-state index in [9.17, 15) is 22.0 Å². The minimum atomic E-state index is -4.77. The Bertz CT molecular complexity index is 393. The second kappa shape index (κ2) is 4.78. The molecule has 0 spiro atoms. The standard InChI is InChI=1S/C8H5F5INO/c9-7(10)3-1-15-6(8(11,12)13)4(2-16)5(3)14/h1,7,16H,2H2. The fraction of sp³-hybridized carbons (Fsp3) is 0.375. The van der Waals surface area contributed by atoms with E-state index in [2.05, 4.69) is 4.98 Å². The van der Waals surface area contributed by atoms with Crippen molar-refractivity contribution < 1.29 is 27.1 Å². The monoisotopic (exact) mass is 353 g/mol. The second-order valence-electron chi connectivity index (χ2n) is 2.81. The molecule has 0 aliphatic rings. The maximum absolute atomic E-state index is 12.4. The van der Waals surface area contributed by atoms with Crippen LogP contribution in [0.3, 0.4) is 0 Å². The van der Waals surface area contributed by atoms with Crippen molar-refractivity contribution >= 4 is 22.6 Å². The highest BCUT2D eigenvalue weighted by Crippen LogP contribution is 2.35. The number of halogens is 6. The van der Waals surface area contributed by atoms with Crippen LogP contribution < -0.4 is 0 Å². The second-order valence-corrected chi connectivity index (χ2v) is 3.89. The molecule has 0 fully saturated rings. The van der Waals surface area contributed by atoms with E-state index in [0.29, 0.717) is 6.20 Å².